The van der Waals surface area contributed by atoms with Crippen molar-refractivity contribution in [2.45, 2.75) is 6.42 Å². The molecule has 0 aromatic heterocycles. The Balaban J connectivity index is 2.77. The third kappa shape index (κ3) is 2.78. The molecule has 1 rings (SSSR count). The quantitative estimate of drug-likeness (QED) is 0.488. The van der Waals surface area contributed by atoms with Gasteiger partial charge in [0.1, 0.15) is 0 Å². The number of hydrogen-bond acceptors (Lipinski definition) is 3. The van der Waals surface area contributed by atoms with E-state index in [1.165, 1.54) is 0 Å². The lowest BCUT2D eigenvalue weighted by atomic mass is 10.1. The smallest absolute Gasteiger partial charge is 0.0604 e. The van der Waals surface area contributed by atoms with Crippen LogP contribution in [0.1, 0.15) is 5.56 Å². The van der Waals surface area contributed by atoms with Crippen LogP contribution in [0.5, 0.6) is 0 Å². The summed E-state index contributed by atoms with van der Waals surface area (Å²) in [4.78, 5) is 0. The van der Waals surface area contributed by atoms with Crippen molar-refractivity contribution in [3.8, 4) is 0 Å². The largest absolute Gasteiger partial charge is 0.398 e. The molecular weight excluding hydrogens is 176 g/mol. The topological polar surface area (TPSA) is 58.3 Å². The second kappa shape index (κ2) is 5.29. The van der Waals surface area contributed by atoms with E-state index in [2.05, 4.69) is 11.9 Å². The second-order valence-electron chi connectivity index (χ2n) is 3.06. The molecule has 0 heterocycles. The predicted molar refractivity (Wildman–Crippen MR) is 60.3 cm³/mol. The molecule has 1 aromatic rings. The van der Waals surface area contributed by atoms with Crippen LogP contribution in [0.2, 0.25) is 0 Å². The summed E-state index contributed by atoms with van der Waals surface area (Å²) >= 11 is 0. The summed E-state index contributed by atoms with van der Waals surface area (Å²) in [5, 5.41) is 11.7. The summed E-state index contributed by atoms with van der Waals surface area (Å²) in [5.41, 5.74) is 8.59. The maximum Gasteiger partial charge on any atom is 0.0604 e. The Bertz CT molecular complexity index is 310. The van der Waals surface area contributed by atoms with Gasteiger partial charge in [-0.15, -0.1) is 6.58 Å². The van der Waals surface area contributed by atoms with Crippen LogP contribution in [0.3, 0.4) is 0 Å². The highest BCUT2D eigenvalue weighted by Crippen LogP contribution is 2.18. The van der Waals surface area contributed by atoms with Crippen LogP contribution >= 0.6 is 0 Å². The van der Waals surface area contributed by atoms with Crippen LogP contribution < -0.4 is 11.1 Å². The van der Waals surface area contributed by atoms with Crippen molar-refractivity contribution in [2.75, 3.05) is 24.2 Å². The Hall–Kier alpha value is -1.48. The maximum atomic E-state index is 8.65. The minimum Gasteiger partial charge on any atom is -0.398 e. The highest BCUT2D eigenvalue weighted by atomic mass is 16.3. The van der Waals surface area contributed by atoms with Crippen molar-refractivity contribution in [2.24, 2.45) is 0 Å². The molecule has 0 aliphatic carbocycles. The zero-order valence-electron chi connectivity index (χ0n) is 8.16. The van der Waals surface area contributed by atoms with Gasteiger partial charge >= 0.3 is 0 Å². The number of nitrogens with one attached hydrogen (secondary N) is 1. The fourth-order valence-corrected chi connectivity index (χ4v) is 1.25. The first kappa shape index (κ1) is 10.6. The van der Waals surface area contributed by atoms with E-state index >= 15 is 0 Å². The molecule has 4 N–H and O–H groups in total. The number of aliphatic hydroxyl groups is 1. The van der Waals surface area contributed by atoms with Crippen molar-refractivity contribution >= 4 is 11.4 Å². The first-order valence-corrected chi connectivity index (χ1v) is 4.62. The summed E-state index contributed by atoms with van der Waals surface area (Å²) in [6.07, 6.45) is 2.59. The SMILES string of the molecule is C=CCc1cc(NCCO)ccc1N. The molecular formula is C11H16N2O. The number of nitrogens with two attached hydrogens (primary N) is 1. The van der Waals surface area contributed by atoms with E-state index in [4.69, 9.17) is 10.8 Å². The molecule has 0 radical (unpaired) electrons. The minimum atomic E-state index is 0.126. The molecule has 0 saturated carbocycles. The number of benzene rings is 1. The lowest BCUT2D eigenvalue weighted by Crippen LogP contribution is -2.06. The van der Waals surface area contributed by atoms with E-state index in [0.717, 1.165) is 23.4 Å². The maximum absolute atomic E-state index is 8.65. The third-order valence-electron chi connectivity index (χ3n) is 1.95. The summed E-state index contributed by atoms with van der Waals surface area (Å²) in [6.45, 7) is 4.35. The summed E-state index contributed by atoms with van der Waals surface area (Å²) < 4.78 is 0. The first-order valence-electron chi connectivity index (χ1n) is 4.62. The molecule has 0 unspecified atom stereocenters. The van der Waals surface area contributed by atoms with Crippen molar-refractivity contribution in [3.63, 3.8) is 0 Å². The first-order chi connectivity index (χ1) is 6.77. The van der Waals surface area contributed by atoms with Crippen molar-refractivity contribution in [1.82, 2.24) is 0 Å². The van der Waals surface area contributed by atoms with Crippen LogP contribution in [0.15, 0.2) is 30.9 Å². The lowest BCUT2D eigenvalue weighted by Gasteiger charge is -2.08. The molecule has 0 bridgehead atoms. The van der Waals surface area contributed by atoms with Gasteiger partial charge < -0.3 is 16.2 Å². The number of rotatable bonds is 5. The van der Waals surface area contributed by atoms with E-state index in [1.54, 1.807) is 0 Å². The fraction of sp³-hybridized carbons (Fsp3) is 0.273. The number of hydrogen-bond donors (Lipinski definition) is 3. The van der Waals surface area contributed by atoms with Gasteiger partial charge in [0, 0.05) is 17.9 Å². The number of aliphatic hydroxyl groups excluding tert-OH is 1. The average molecular weight is 192 g/mol. The van der Waals surface area contributed by atoms with Crippen LogP contribution in [0.4, 0.5) is 11.4 Å². The van der Waals surface area contributed by atoms with Crippen molar-refractivity contribution in [1.29, 1.82) is 0 Å². The van der Waals surface area contributed by atoms with Crippen molar-refractivity contribution < 1.29 is 5.11 Å². The van der Waals surface area contributed by atoms with Gasteiger partial charge in [-0.3, -0.25) is 0 Å². The Morgan fingerprint density at radius 2 is 2.29 bits per heavy atom. The molecule has 0 fully saturated rings. The third-order valence-corrected chi connectivity index (χ3v) is 1.95. The van der Waals surface area contributed by atoms with Gasteiger partial charge in [-0.25, -0.2) is 0 Å². The molecule has 0 saturated heterocycles. The van der Waals surface area contributed by atoms with E-state index in [9.17, 15) is 0 Å². The highest BCUT2D eigenvalue weighted by molar-refractivity contribution is 5.57. The van der Waals surface area contributed by atoms with Gasteiger partial charge in [-0.05, 0) is 30.2 Å². The van der Waals surface area contributed by atoms with Gasteiger partial charge in [0.05, 0.1) is 6.61 Å². The molecule has 0 aliphatic heterocycles. The lowest BCUT2D eigenvalue weighted by molar-refractivity contribution is 0.311. The molecule has 0 atom stereocenters. The molecule has 3 heteroatoms. The van der Waals surface area contributed by atoms with Crippen molar-refractivity contribution in [3.05, 3.63) is 36.4 Å². The zero-order chi connectivity index (χ0) is 10.4. The van der Waals surface area contributed by atoms with Gasteiger partial charge in [-0.1, -0.05) is 6.08 Å². The fourth-order valence-electron chi connectivity index (χ4n) is 1.25. The van der Waals surface area contributed by atoms with Crippen LogP contribution in [-0.4, -0.2) is 18.3 Å². The number of anilines is 2. The molecule has 76 valence electrons. The van der Waals surface area contributed by atoms with Gasteiger partial charge in [0.25, 0.3) is 0 Å². The Kier molecular flexibility index (Phi) is 4.01. The molecule has 1 aromatic carbocycles. The zero-order valence-corrected chi connectivity index (χ0v) is 8.16. The van der Waals surface area contributed by atoms with E-state index in [0.29, 0.717) is 6.54 Å². The van der Waals surface area contributed by atoms with Crippen LogP contribution in [0.25, 0.3) is 0 Å². The molecule has 3 nitrogen and oxygen atoms in total. The average Bonchev–Trinajstić information content (AvgIpc) is 2.19. The van der Waals surface area contributed by atoms with Gasteiger partial charge in [0.2, 0.25) is 0 Å². The van der Waals surface area contributed by atoms with Gasteiger partial charge in [-0.2, -0.15) is 0 Å². The molecule has 0 amide bonds. The second-order valence-corrected chi connectivity index (χ2v) is 3.06. The number of nitrogen functional groups attached to an aromatic ring is 1. The minimum absolute atomic E-state index is 0.126. The summed E-state index contributed by atoms with van der Waals surface area (Å²) in [6, 6.07) is 5.74. The Morgan fingerprint density at radius 1 is 1.50 bits per heavy atom. The monoisotopic (exact) mass is 192 g/mol. The summed E-state index contributed by atoms with van der Waals surface area (Å²) in [5.74, 6) is 0. The molecule has 14 heavy (non-hydrogen) atoms. The molecule has 0 spiro atoms. The van der Waals surface area contributed by atoms with E-state index < -0.39 is 0 Å². The van der Waals surface area contributed by atoms with Gasteiger partial charge in [0.15, 0.2) is 0 Å². The Morgan fingerprint density at radius 3 is 2.93 bits per heavy atom. The van der Waals surface area contributed by atoms with E-state index in [-0.39, 0.29) is 6.61 Å². The van der Waals surface area contributed by atoms with Crippen LogP contribution in [-0.2, 0) is 6.42 Å². The van der Waals surface area contributed by atoms with Crippen LogP contribution in [0, 0.1) is 0 Å². The standard InChI is InChI=1S/C11H16N2O/c1-2-3-9-8-10(13-6-7-14)4-5-11(9)12/h2,4-5,8,13-14H,1,3,6-7,12H2. The highest BCUT2D eigenvalue weighted by Gasteiger charge is 1.98. The predicted octanol–water partition coefficient (Wildman–Crippen LogP) is 1.40. The molecule has 0 aliphatic rings. The Labute approximate surface area is 84.3 Å². The summed E-state index contributed by atoms with van der Waals surface area (Å²) in [7, 11) is 0. The van der Waals surface area contributed by atoms with E-state index in [1.807, 2.05) is 24.3 Å². The number of allylic oxidation sites excluding steroid dienone is 1. The normalized spacial score (nSPS) is 9.79.